The summed E-state index contributed by atoms with van der Waals surface area (Å²) in [6.07, 6.45) is 0. The van der Waals surface area contributed by atoms with Gasteiger partial charge in [-0.15, -0.1) is 11.8 Å². The molecule has 0 aromatic heterocycles. The van der Waals surface area contributed by atoms with Gasteiger partial charge in [0.2, 0.25) is 5.91 Å². The number of methoxy groups -OCH3 is 1. The molecular weight excluding hydrogens is 384 g/mol. The third-order valence-electron chi connectivity index (χ3n) is 4.17. The molecule has 0 saturated carbocycles. The number of thioether (sulfide) groups is 1. The molecule has 0 heterocycles. The lowest BCUT2D eigenvalue weighted by atomic mass is 10.1. The fraction of sp³-hybridized carbons (Fsp3) is 0.130. The number of rotatable bonds is 8. The second kappa shape index (κ2) is 10.3. The highest BCUT2D eigenvalue weighted by Gasteiger charge is 2.14. The van der Waals surface area contributed by atoms with Gasteiger partial charge in [0, 0.05) is 11.4 Å². The Labute approximate surface area is 174 Å². The summed E-state index contributed by atoms with van der Waals surface area (Å²) in [6.45, 7) is 0.422. The van der Waals surface area contributed by atoms with Crippen LogP contribution in [0.3, 0.4) is 0 Å². The normalized spacial score (nSPS) is 10.2. The highest BCUT2D eigenvalue weighted by Crippen LogP contribution is 2.28. The number of anilines is 1. The number of benzene rings is 3. The van der Waals surface area contributed by atoms with Gasteiger partial charge in [0.05, 0.1) is 24.1 Å². The van der Waals surface area contributed by atoms with Crippen molar-refractivity contribution in [3.8, 4) is 5.75 Å². The van der Waals surface area contributed by atoms with E-state index in [9.17, 15) is 9.59 Å². The van der Waals surface area contributed by atoms with Crippen molar-refractivity contribution in [1.29, 1.82) is 0 Å². The summed E-state index contributed by atoms with van der Waals surface area (Å²) >= 11 is 1.38. The number of hydrogen-bond acceptors (Lipinski definition) is 4. The van der Waals surface area contributed by atoms with E-state index in [-0.39, 0.29) is 17.6 Å². The van der Waals surface area contributed by atoms with Crippen molar-refractivity contribution in [2.24, 2.45) is 0 Å². The zero-order chi connectivity index (χ0) is 20.5. The standard InChI is InChI=1S/C23H22N2O3S/c1-28-20-13-7-8-14-21(20)29-16-22(26)25-19-12-6-5-11-18(19)23(27)24-15-17-9-3-2-4-10-17/h2-14H,15-16H2,1H3,(H,24,27)(H,25,26). The predicted molar refractivity (Wildman–Crippen MR) is 116 cm³/mol. The summed E-state index contributed by atoms with van der Waals surface area (Å²) in [5, 5.41) is 5.73. The SMILES string of the molecule is COc1ccccc1SCC(=O)Nc1ccccc1C(=O)NCc1ccccc1. The number of carbonyl (C=O) groups excluding carboxylic acids is 2. The molecule has 2 N–H and O–H groups in total. The van der Waals surface area contributed by atoms with E-state index in [0.717, 1.165) is 16.2 Å². The second-order valence-electron chi connectivity index (χ2n) is 6.20. The molecule has 0 bridgehead atoms. The van der Waals surface area contributed by atoms with Gasteiger partial charge in [-0.05, 0) is 29.8 Å². The van der Waals surface area contributed by atoms with E-state index in [4.69, 9.17) is 4.74 Å². The lowest BCUT2D eigenvalue weighted by Gasteiger charge is -2.12. The van der Waals surface area contributed by atoms with Crippen LogP contribution in [-0.4, -0.2) is 24.7 Å². The predicted octanol–water partition coefficient (Wildman–Crippen LogP) is 4.36. The van der Waals surface area contributed by atoms with E-state index < -0.39 is 0 Å². The van der Waals surface area contributed by atoms with Crippen LogP contribution < -0.4 is 15.4 Å². The summed E-state index contributed by atoms with van der Waals surface area (Å²) in [5.74, 6) is 0.512. The van der Waals surface area contributed by atoms with Crippen molar-refractivity contribution in [3.63, 3.8) is 0 Å². The van der Waals surface area contributed by atoms with Crippen molar-refractivity contribution in [1.82, 2.24) is 5.32 Å². The Kier molecular flexibility index (Phi) is 7.30. The Morgan fingerprint density at radius 1 is 0.897 bits per heavy atom. The van der Waals surface area contributed by atoms with Crippen LogP contribution in [0.2, 0.25) is 0 Å². The van der Waals surface area contributed by atoms with Crippen LogP contribution in [-0.2, 0) is 11.3 Å². The van der Waals surface area contributed by atoms with Crippen molar-refractivity contribution in [2.45, 2.75) is 11.4 Å². The third kappa shape index (κ3) is 5.86. The molecule has 3 aromatic rings. The third-order valence-corrected chi connectivity index (χ3v) is 5.22. The highest BCUT2D eigenvalue weighted by atomic mass is 32.2. The van der Waals surface area contributed by atoms with Gasteiger partial charge < -0.3 is 15.4 Å². The molecule has 0 atom stereocenters. The van der Waals surface area contributed by atoms with Gasteiger partial charge in [-0.3, -0.25) is 9.59 Å². The van der Waals surface area contributed by atoms with Crippen molar-refractivity contribution < 1.29 is 14.3 Å². The number of para-hydroxylation sites is 2. The summed E-state index contributed by atoms with van der Waals surface area (Å²) in [7, 11) is 1.60. The Bertz CT molecular complexity index is 977. The van der Waals surface area contributed by atoms with Gasteiger partial charge in [-0.1, -0.05) is 54.6 Å². The fourth-order valence-electron chi connectivity index (χ4n) is 2.73. The molecule has 0 spiro atoms. The summed E-state index contributed by atoms with van der Waals surface area (Å²) < 4.78 is 5.30. The van der Waals surface area contributed by atoms with Gasteiger partial charge in [-0.25, -0.2) is 0 Å². The summed E-state index contributed by atoms with van der Waals surface area (Å²) in [4.78, 5) is 25.9. The van der Waals surface area contributed by atoms with E-state index in [0.29, 0.717) is 17.8 Å². The highest BCUT2D eigenvalue weighted by molar-refractivity contribution is 8.00. The smallest absolute Gasteiger partial charge is 0.253 e. The molecule has 148 valence electrons. The fourth-order valence-corrected chi connectivity index (χ4v) is 3.56. The molecule has 29 heavy (non-hydrogen) atoms. The zero-order valence-electron chi connectivity index (χ0n) is 16.1. The van der Waals surface area contributed by atoms with E-state index in [2.05, 4.69) is 10.6 Å². The number of nitrogens with one attached hydrogen (secondary N) is 2. The minimum Gasteiger partial charge on any atom is -0.496 e. The van der Waals surface area contributed by atoms with Crippen LogP contribution in [0.1, 0.15) is 15.9 Å². The van der Waals surface area contributed by atoms with Gasteiger partial charge in [0.25, 0.3) is 5.91 Å². The first-order valence-electron chi connectivity index (χ1n) is 9.14. The second-order valence-corrected chi connectivity index (χ2v) is 7.22. The first-order chi connectivity index (χ1) is 14.2. The number of amides is 2. The lowest BCUT2D eigenvalue weighted by molar-refractivity contribution is -0.113. The van der Waals surface area contributed by atoms with Crippen LogP contribution in [0, 0.1) is 0 Å². The topological polar surface area (TPSA) is 67.4 Å². The summed E-state index contributed by atoms with van der Waals surface area (Å²) in [6, 6.07) is 24.2. The average molecular weight is 407 g/mol. The molecule has 0 unspecified atom stereocenters. The monoisotopic (exact) mass is 406 g/mol. The molecule has 0 aliphatic rings. The van der Waals surface area contributed by atoms with E-state index in [1.165, 1.54) is 11.8 Å². The maximum atomic E-state index is 12.6. The molecule has 0 fully saturated rings. The van der Waals surface area contributed by atoms with Crippen LogP contribution in [0.25, 0.3) is 0 Å². The molecule has 3 rings (SSSR count). The van der Waals surface area contributed by atoms with Crippen LogP contribution in [0.5, 0.6) is 5.75 Å². The number of ether oxygens (including phenoxy) is 1. The number of carbonyl (C=O) groups is 2. The molecule has 0 radical (unpaired) electrons. The van der Waals surface area contributed by atoms with Gasteiger partial charge in [0.1, 0.15) is 5.75 Å². The first kappa shape index (κ1) is 20.5. The zero-order valence-corrected chi connectivity index (χ0v) is 16.9. The Morgan fingerprint density at radius 2 is 1.59 bits per heavy atom. The maximum absolute atomic E-state index is 12.6. The quantitative estimate of drug-likeness (QED) is 0.546. The van der Waals surface area contributed by atoms with Crippen molar-refractivity contribution >= 4 is 29.3 Å². The van der Waals surface area contributed by atoms with Crippen LogP contribution in [0.15, 0.2) is 83.8 Å². The van der Waals surface area contributed by atoms with Crippen molar-refractivity contribution in [3.05, 3.63) is 90.0 Å². The van der Waals surface area contributed by atoms with Crippen LogP contribution in [0.4, 0.5) is 5.69 Å². The molecule has 0 aliphatic carbocycles. The van der Waals surface area contributed by atoms with Crippen molar-refractivity contribution in [2.75, 3.05) is 18.2 Å². The Morgan fingerprint density at radius 3 is 2.38 bits per heavy atom. The molecule has 2 amide bonds. The summed E-state index contributed by atoms with van der Waals surface area (Å²) in [5.41, 5.74) is 1.93. The Balaban J connectivity index is 1.60. The molecular formula is C23H22N2O3S. The van der Waals surface area contributed by atoms with Gasteiger partial charge in [0.15, 0.2) is 0 Å². The minimum absolute atomic E-state index is 0.191. The maximum Gasteiger partial charge on any atom is 0.253 e. The minimum atomic E-state index is -0.234. The van der Waals surface area contributed by atoms with E-state index in [1.807, 2.05) is 54.6 Å². The largest absolute Gasteiger partial charge is 0.496 e. The Hall–Kier alpha value is -3.25. The number of hydrogen-bond donors (Lipinski definition) is 2. The van der Waals surface area contributed by atoms with Gasteiger partial charge >= 0.3 is 0 Å². The molecule has 6 heteroatoms. The van der Waals surface area contributed by atoms with Gasteiger partial charge in [-0.2, -0.15) is 0 Å². The average Bonchev–Trinajstić information content (AvgIpc) is 2.77. The van der Waals surface area contributed by atoms with E-state index >= 15 is 0 Å². The molecule has 5 nitrogen and oxygen atoms in total. The van der Waals surface area contributed by atoms with Crippen LogP contribution >= 0.6 is 11.8 Å². The lowest BCUT2D eigenvalue weighted by Crippen LogP contribution is -2.25. The molecule has 0 aliphatic heterocycles. The first-order valence-corrected chi connectivity index (χ1v) is 10.1. The molecule has 0 saturated heterocycles. The van der Waals surface area contributed by atoms with E-state index in [1.54, 1.807) is 31.4 Å². The molecule has 3 aromatic carbocycles.